The van der Waals surface area contributed by atoms with Crippen molar-refractivity contribution in [2.75, 3.05) is 15.5 Å². The van der Waals surface area contributed by atoms with Gasteiger partial charge < -0.3 is 20.6 Å². The van der Waals surface area contributed by atoms with Crippen molar-refractivity contribution in [3.63, 3.8) is 0 Å². The zero-order valence-corrected chi connectivity index (χ0v) is 25.0. The molecule has 3 amide bonds. The molecule has 1 aromatic heterocycles. The normalized spacial score (nSPS) is 15.1. The Morgan fingerprint density at radius 2 is 1.66 bits per heavy atom. The number of rotatable bonds is 9. The van der Waals surface area contributed by atoms with Gasteiger partial charge in [0.25, 0.3) is 11.6 Å². The Hall–Kier alpha value is -5.43. The summed E-state index contributed by atoms with van der Waals surface area (Å²) in [4.78, 5) is 45.5. The van der Waals surface area contributed by atoms with Crippen molar-refractivity contribution in [2.45, 2.75) is 32.9 Å². The Kier molecular flexibility index (Phi) is 8.76. The predicted octanol–water partition coefficient (Wildman–Crippen LogP) is 2.74. The summed E-state index contributed by atoms with van der Waals surface area (Å²) in [6.07, 6.45) is -0.223. The molecule has 0 saturated carbocycles. The molecule has 2 N–H and O–H groups in total. The highest BCUT2D eigenvalue weighted by Crippen LogP contribution is 2.30. The molecule has 0 aliphatic carbocycles. The van der Waals surface area contributed by atoms with Crippen LogP contribution in [0.1, 0.15) is 30.2 Å². The van der Waals surface area contributed by atoms with Crippen molar-refractivity contribution in [2.24, 2.45) is 12.0 Å². The highest BCUT2D eigenvalue weighted by atomic mass is 32.1. The van der Waals surface area contributed by atoms with E-state index in [1.54, 1.807) is 78.7 Å². The molecule has 12 nitrogen and oxygen atoms in total. The fraction of sp³-hybridized carbons (Fsp3) is 0.194. The van der Waals surface area contributed by atoms with Gasteiger partial charge in [-0.1, -0.05) is 48.0 Å². The lowest BCUT2D eigenvalue weighted by molar-refractivity contribution is -0.746. The van der Waals surface area contributed by atoms with E-state index >= 15 is 0 Å². The molecule has 224 valence electrons. The van der Waals surface area contributed by atoms with E-state index in [4.69, 9.17) is 16.7 Å². The number of anilines is 3. The van der Waals surface area contributed by atoms with Crippen LogP contribution in [0.5, 0.6) is 0 Å². The van der Waals surface area contributed by atoms with Crippen LogP contribution >= 0.6 is 12.2 Å². The van der Waals surface area contributed by atoms with Crippen molar-refractivity contribution in [3.8, 4) is 0 Å². The average molecular weight is 612 g/mol. The molecule has 1 aliphatic heterocycles. The van der Waals surface area contributed by atoms with Crippen molar-refractivity contribution in [1.82, 2.24) is 10.2 Å². The van der Waals surface area contributed by atoms with Crippen LogP contribution in [0.25, 0.3) is 0 Å². The molecule has 1 atom stereocenters. The van der Waals surface area contributed by atoms with E-state index in [0.29, 0.717) is 28.3 Å². The molecular weight excluding hydrogens is 582 g/mol. The number of nitrogens with zero attached hydrogens (tertiary/aromatic N) is 5. The predicted molar refractivity (Wildman–Crippen MR) is 165 cm³/mol. The second kappa shape index (κ2) is 12.8. The molecule has 0 bridgehead atoms. The Bertz CT molecular complexity index is 1740. The van der Waals surface area contributed by atoms with Crippen molar-refractivity contribution in [3.05, 3.63) is 95.7 Å². The van der Waals surface area contributed by atoms with Crippen LogP contribution in [0.15, 0.2) is 88.4 Å². The summed E-state index contributed by atoms with van der Waals surface area (Å²) < 4.78 is 6.77. The summed E-state index contributed by atoms with van der Waals surface area (Å²) in [6, 6.07) is 21.5. The lowest BCUT2D eigenvalue weighted by Crippen LogP contribution is -2.42. The first-order valence-electron chi connectivity index (χ1n) is 13.7. The van der Waals surface area contributed by atoms with Gasteiger partial charge in [-0.15, -0.1) is 0 Å². The monoisotopic (exact) mass is 611 g/mol. The molecule has 0 spiro atoms. The zero-order valence-electron chi connectivity index (χ0n) is 24.2. The maximum absolute atomic E-state index is 13.9. The SMILES string of the molecule is CC(=O)Nc1ccc(NC(=O)CC2C(=O)N(c3ccc(C)cc3)C(=S)N2Cc2c(/N=C(\[O-])c3ccccc3)on[n+]2C)cc1. The number of benzene rings is 3. The van der Waals surface area contributed by atoms with Crippen molar-refractivity contribution < 1.29 is 28.7 Å². The molecule has 0 radical (unpaired) electrons. The third-order valence-corrected chi connectivity index (χ3v) is 7.33. The van der Waals surface area contributed by atoms with Gasteiger partial charge in [0.1, 0.15) is 12.6 Å². The average Bonchev–Trinajstić information content (AvgIpc) is 3.45. The standard InChI is InChI=1S/C31H28N7O5S/c1-19-9-15-24(16-10-19)38-30(42)25(17-27(40)33-23-13-11-22(12-14-23)32-20(2)39)37(31(38)44)18-26-29(43-35-36(26)3)34-28(41)21-7-5-4-6-8-21/h4-16,25H,17-18H2,1-3H3,(H,34,41)/q-1/p+1. The van der Waals surface area contributed by atoms with E-state index in [1.807, 2.05) is 19.1 Å². The summed E-state index contributed by atoms with van der Waals surface area (Å²) in [5.41, 5.74) is 3.40. The maximum atomic E-state index is 13.9. The van der Waals surface area contributed by atoms with Crippen LogP contribution in [0.3, 0.4) is 0 Å². The summed E-state index contributed by atoms with van der Waals surface area (Å²) >= 11 is 5.79. The Morgan fingerprint density at radius 1 is 1.02 bits per heavy atom. The van der Waals surface area contributed by atoms with Gasteiger partial charge in [0, 0.05) is 18.3 Å². The second-order valence-corrected chi connectivity index (χ2v) is 10.5. The van der Waals surface area contributed by atoms with E-state index in [2.05, 4.69) is 20.9 Å². The number of aromatic nitrogens is 2. The van der Waals surface area contributed by atoms with Crippen molar-refractivity contribution in [1.29, 1.82) is 0 Å². The van der Waals surface area contributed by atoms with Gasteiger partial charge in [0.15, 0.2) is 12.2 Å². The number of thiocarbonyl (C=S) groups is 1. The Morgan fingerprint density at radius 3 is 2.30 bits per heavy atom. The fourth-order valence-electron chi connectivity index (χ4n) is 4.67. The highest BCUT2D eigenvalue weighted by molar-refractivity contribution is 7.80. The topological polar surface area (TPSA) is 147 Å². The Labute approximate surface area is 258 Å². The zero-order chi connectivity index (χ0) is 31.4. The minimum absolute atomic E-state index is 0.0167. The molecule has 1 saturated heterocycles. The van der Waals surface area contributed by atoms with Crippen LogP contribution < -0.4 is 25.3 Å². The highest BCUT2D eigenvalue weighted by Gasteiger charge is 2.46. The van der Waals surface area contributed by atoms with Gasteiger partial charge >= 0.3 is 5.88 Å². The molecule has 13 heteroatoms. The molecule has 3 aromatic carbocycles. The fourth-order valence-corrected chi connectivity index (χ4v) is 5.05. The first kappa shape index (κ1) is 30.0. The summed E-state index contributed by atoms with van der Waals surface area (Å²) in [5, 5.41) is 22.4. The van der Waals surface area contributed by atoms with Crippen LogP contribution in [0, 0.1) is 6.92 Å². The number of hydrogen-bond donors (Lipinski definition) is 2. The first-order valence-corrected chi connectivity index (χ1v) is 14.1. The number of carbonyl (C=O) groups excluding carboxylic acids is 3. The maximum Gasteiger partial charge on any atom is 0.325 e. The van der Waals surface area contributed by atoms with Gasteiger partial charge in [-0.25, -0.2) is 4.99 Å². The third-order valence-electron chi connectivity index (χ3n) is 6.91. The number of hydrogen-bond acceptors (Lipinski definition) is 8. The van der Waals surface area contributed by atoms with E-state index in [0.717, 1.165) is 5.56 Å². The molecule has 5 rings (SSSR count). The van der Waals surface area contributed by atoms with E-state index in [-0.39, 0.29) is 35.8 Å². The van der Waals surface area contributed by atoms with E-state index in [9.17, 15) is 19.5 Å². The number of aliphatic imine (C=N–C) groups is 1. The number of aryl methyl sites for hydroxylation is 2. The lowest BCUT2D eigenvalue weighted by atomic mass is 10.1. The summed E-state index contributed by atoms with van der Waals surface area (Å²) in [7, 11) is 1.62. The molecular formula is C31H29N7O5S. The number of carbonyl (C=O) groups is 3. The Balaban J connectivity index is 1.43. The van der Waals surface area contributed by atoms with E-state index in [1.165, 1.54) is 16.5 Å². The van der Waals surface area contributed by atoms with Gasteiger partial charge in [-0.05, 0) is 71.7 Å². The molecule has 4 aromatic rings. The van der Waals surface area contributed by atoms with Gasteiger partial charge in [0.05, 0.1) is 12.1 Å². The molecule has 1 aliphatic rings. The molecule has 44 heavy (non-hydrogen) atoms. The van der Waals surface area contributed by atoms with Crippen molar-refractivity contribution >= 4 is 63.9 Å². The minimum atomic E-state index is -0.977. The van der Waals surface area contributed by atoms with Gasteiger partial charge in [0.2, 0.25) is 17.1 Å². The smallest absolute Gasteiger partial charge is 0.325 e. The minimum Gasteiger partial charge on any atom is -0.858 e. The number of nitrogens with one attached hydrogen (secondary N) is 2. The third kappa shape index (κ3) is 6.63. The molecule has 2 heterocycles. The van der Waals surface area contributed by atoms with Crippen LogP contribution in [0.4, 0.5) is 22.9 Å². The second-order valence-electron chi connectivity index (χ2n) is 10.2. The largest absolute Gasteiger partial charge is 0.858 e. The van der Waals surface area contributed by atoms with Gasteiger partial charge in [-0.3, -0.25) is 23.8 Å². The molecule has 1 unspecified atom stereocenters. The van der Waals surface area contributed by atoms with Crippen LogP contribution in [0.2, 0.25) is 0 Å². The quantitative estimate of drug-likeness (QED) is 0.127. The summed E-state index contributed by atoms with van der Waals surface area (Å²) in [5.74, 6) is -1.57. The van der Waals surface area contributed by atoms with E-state index < -0.39 is 17.8 Å². The number of amides is 3. The summed E-state index contributed by atoms with van der Waals surface area (Å²) in [6.45, 7) is 3.32. The van der Waals surface area contributed by atoms with Gasteiger partial charge in [-0.2, -0.15) is 0 Å². The van der Waals surface area contributed by atoms with Crippen LogP contribution in [-0.2, 0) is 28.0 Å². The van der Waals surface area contributed by atoms with Crippen LogP contribution in [-0.4, -0.2) is 44.9 Å². The lowest BCUT2D eigenvalue weighted by Gasteiger charge is -2.22. The first-order chi connectivity index (χ1) is 21.1. The molecule has 1 fully saturated rings.